The van der Waals surface area contributed by atoms with Gasteiger partial charge in [-0.2, -0.15) is 0 Å². The molecule has 4 nitrogen and oxygen atoms in total. The second-order valence-electron chi connectivity index (χ2n) is 4.45. The summed E-state index contributed by atoms with van der Waals surface area (Å²) in [5.74, 6) is 0.0557. The van der Waals surface area contributed by atoms with Crippen LogP contribution >= 0.6 is 36.2 Å². The molecule has 0 aliphatic heterocycles. The Morgan fingerprint density at radius 1 is 1.50 bits per heavy atom. The summed E-state index contributed by atoms with van der Waals surface area (Å²) < 4.78 is 0. The molecule has 18 heavy (non-hydrogen) atoms. The average Bonchev–Trinajstić information content (AvgIpc) is 2.89. The molecule has 2 rings (SSSR count). The Balaban J connectivity index is 0.00000144. The lowest BCUT2D eigenvalue weighted by molar-refractivity contribution is -0.136. The van der Waals surface area contributed by atoms with Gasteiger partial charge in [0.25, 0.3) is 0 Å². The van der Waals surface area contributed by atoms with Crippen LogP contribution in [0.4, 0.5) is 0 Å². The monoisotopic (exact) mass is 311 g/mol. The Bertz CT molecular complexity index is 366. The standard InChI is InChI=1S/C11H17N3OS.2ClH/c1-14(8-9-13-6-7-16-9)10(15)11(12)4-2-3-5-11;;/h6-7H,2-5,8,12H2,1H3;2*1H. The van der Waals surface area contributed by atoms with Crippen LogP contribution in [0, 0.1) is 0 Å². The number of thiazole rings is 1. The van der Waals surface area contributed by atoms with E-state index < -0.39 is 5.54 Å². The first-order valence-electron chi connectivity index (χ1n) is 5.55. The Labute approximate surface area is 124 Å². The van der Waals surface area contributed by atoms with Crippen LogP contribution < -0.4 is 5.73 Å². The molecule has 1 amide bonds. The van der Waals surface area contributed by atoms with Crippen LogP contribution in [-0.2, 0) is 11.3 Å². The Morgan fingerprint density at radius 2 is 2.11 bits per heavy atom. The van der Waals surface area contributed by atoms with E-state index in [0.29, 0.717) is 6.54 Å². The van der Waals surface area contributed by atoms with Crippen LogP contribution in [0.1, 0.15) is 30.7 Å². The van der Waals surface area contributed by atoms with Crippen molar-refractivity contribution < 1.29 is 4.79 Å². The van der Waals surface area contributed by atoms with E-state index in [9.17, 15) is 4.79 Å². The second-order valence-corrected chi connectivity index (χ2v) is 5.43. The number of carbonyl (C=O) groups excluding carboxylic acids is 1. The predicted octanol–water partition coefficient (Wildman–Crippen LogP) is 2.22. The molecule has 1 heterocycles. The summed E-state index contributed by atoms with van der Waals surface area (Å²) in [6.45, 7) is 0.565. The van der Waals surface area contributed by atoms with Crippen LogP contribution in [0.2, 0.25) is 0 Å². The van der Waals surface area contributed by atoms with Crippen molar-refractivity contribution in [1.29, 1.82) is 0 Å². The number of nitrogens with zero attached hydrogens (tertiary/aromatic N) is 2. The zero-order chi connectivity index (χ0) is 11.6. The molecule has 0 spiro atoms. The minimum Gasteiger partial charge on any atom is -0.337 e. The summed E-state index contributed by atoms with van der Waals surface area (Å²) in [6.07, 6.45) is 5.51. The van der Waals surface area contributed by atoms with Crippen molar-refractivity contribution in [1.82, 2.24) is 9.88 Å². The number of amides is 1. The number of nitrogens with two attached hydrogens (primary N) is 1. The van der Waals surface area contributed by atoms with E-state index in [0.717, 1.165) is 30.7 Å². The summed E-state index contributed by atoms with van der Waals surface area (Å²) >= 11 is 1.56. The van der Waals surface area contributed by atoms with Gasteiger partial charge in [0.05, 0.1) is 12.1 Å². The molecule has 1 aliphatic carbocycles. The normalized spacial score (nSPS) is 16.6. The summed E-state index contributed by atoms with van der Waals surface area (Å²) in [6, 6.07) is 0. The van der Waals surface area contributed by atoms with Crippen LogP contribution in [0.3, 0.4) is 0 Å². The highest BCUT2D eigenvalue weighted by Gasteiger charge is 2.38. The minimum absolute atomic E-state index is 0. The highest BCUT2D eigenvalue weighted by molar-refractivity contribution is 7.09. The molecule has 0 saturated heterocycles. The fourth-order valence-electron chi connectivity index (χ4n) is 2.21. The van der Waals surface area contributed by atoms with E-state index >= 15 is 0 Å². The molecule has 7 heteroatoms. The molecule has 0 aromatic carbocycles. The lowest BCUT2D eigenvalue weighted by atomic mass is 9.97. The Morgan fingerprint density at radius 3 is 2.61 bits per heavy atom. The van der Waals surface area contributed by atoms with Crippen molar-refractivity contribution in [2.45, 2.75) is 37.8 Å². The van der Waals surface area contributed by atoms with E-state index in [4.69, 9.17) is 5.73 Å². The van der Waals surface area contributed by atoms with Crippen molar-refractivity contribution in [3.63, 3.8) is 0 Å². The molecule has 1 fully saturated rings. The van der Waals surface area contributed by atoms with Crippen molar-refractivity contribution in [2.24, 2.45) is 5.73 Å². The SMILES string of the molecule is CN(Cc1nccs1)C(=O)C1(N)CCCC1.Cl.Cl. The maximum atomic E-state index is 12.2. The number of hydrogen-bond acceptors (Lipinski definition) is 4. The molecular weight excluding hydrogens is 293 g/mol. The maximum Gasteiger partial charge on any atom is 0.242 e. The smallest absolute Gasteiger partial charge is 0.242 e. The molecule has 1 aromatic rings. The zero-order valence-corrected chi connectivity index (χ0v) is 12.7. The van der Waals surface area contributed by atoms with Crippen molar-refractivity contribution in [3.05, 3.63) is 16.6 Å². The van der Waals surface area contributed by atoms with Gasteiger partial charge < -0.3 is 10.6 Å². The molecule has 1 saturated carbocycles. The first-order valence-corrected chi connectivity index (χ1v) is 6.43. The van der Waals surface area contributed by atoms with Gasteiger partial charge in [-0.3, -0.25) is 4.79 Å². The van der Waals surface area contributed by atoms with E-state index in [1.807, 2.05) is 5.38 Å². The number of halogens is 2. The van der Waals surface area contributed by atoms with E-state index in [-0.39, 0.29) is 30.7 Å². The lowest BCUT2D eigenvalue weighted by Gasteiger charge is -2.28. The molecule has 0 radical (unpaired) electrons. The summed E-state index contributed by atoms with van der Waals surface area (Å²) in [5, 5.41) is 2.87. The average molecular weight is 312 g/mol. The third kappa shape index (κ3) is 3.82. The van der Waals surface area contributed by atoms with Gasteiger partial charge in [-0.1, -0.05) is 12.8 Å². The van der Waals surface area contributed by atoms with Gasteiger partial charge in [0, 0.05) is 18.6 Å². The van der Waals surface area contributed by atoms with Crippen LogP contribution in [-0.4, -0.2) is 28.4 Å². The van der Waals surface area contributed by atoms with Crippen molar-refractivity contribution in [3.8, 4) is 0 Å². The van der Waals surface area contributed by atoms with Gasteiger partial charge in [-0.15, -0.1) is 36.2 Å². The van der Waals surface area contributed by atoms with E-state index in [1.165, 1.54) is 0 Å². The predicted molar refractivity (Wildman–Crippen MR) is 78.5 cm³/mol. The second kappa shape index (κ2) is 7.28. The first-order chi connectivity index (χ1) is 7.62. The van der Waals surface area contributed by atoms with Crippen LogP contribution in [0.5, 0.6) is 0 Å². The topological polar surface area (TPSA) is 59.2 Å². The fraction of sp³-hybridized carbons (Fsp3) is 0.636. The molecule has 0 unspecified atom stereocenters. The molecule has 0 atom stereocenters. The number of likely N-dealkylation sites (N-methyl/N-ethyl adjacent to an activating group) is 1. The van der Waals surface area contributed by atoms with E-state index in [1.54, 1.807) is 29.5 Å². The summed E-state index contributed by atoms with van der Waals surface area (Å²) in [4.78, 5) is 18.0. The Kier molecular flexibility index (Phi) is 7.14. The van der Waals surface area contributed by atoms with Crippen LogP contribution in [0.15, 0.2) is 11.6 Å². The molecule has 104 valence electrons. The summed E-state index contributed by atoms with van der Waals surface area (Å²) in [5.41, 5.74) is 5.51. The highest BCUT2D eigenvalue weighted by atomic mass is 35.5. The molecular formula is C11H19Cl2N3OS. The number of hydrogen-bond donors (Lipinski definition) is 1. The van der Waals surface area contributed by atoms with Crippen molar-refractivity contribution >= 4 is 42.1 Å². The zero-order valence-electron chi connectivity index (χ0n) is 10.3. The quantitative estimate of drug-likeness (QED) is 0.931. The van der Waals surface area contributed by atoms with Gasteiger partial charge in [0.1, 0.15) is 5.01 Å². The Hall–Kier alpha value is -0.360. The number of aromatic nitrogens is 1. The molecule has 2 N–H and O–H groups in total. The first kappa shape index (κ1) is 17.6. The third-order valence-electron chi connectivity index (χ3n) is 3.12. The number of rotatable bonds is 3. The largest absolute Gasteiger partial charge is 0.337 e. The maximum absolute atomic E-state index is 12.2. The minimum atomic E-state index is -0.619. The van der Waals surface area contributed by atoms with Crippen molar-refractivity contribution in [2.75, 3.05) is 7.05 Å². The van der Waals surface area contributed by atoms with Gasteiger partial charge in [0.15, 0.2) is 0 Å². The fourth-order valence-corrected chi connectivity index (χ4v) is 2.87. The molecule has 1 aromatic heterocycles. The molecule has 1 aliphatic rings. The third-order valence-corrected chi connectivity index (χ3v) is 3.89. The summed E-state index contributed by atoms with van der Waals surface area (Å²) in [7, 11) is 1.80. The van der Waals surface area contributed by atoms with Gasteiger partial charge in [0.2, 0.25) is 5.91 Å². The van der Waals surface area contributed by atoms with Gasteiger partial charge in [-0.25, -0.2) is 4.98 Å². The van der Waals surface area contributed by atoms with Gasteiger partial charge >= 0.3 is 0 Å². The molecule has 0 bridgehead atoms. The van der Waals surface area contributed by atoms with E-state index in [2.05, 4.69) is 4.98 Å². The van der Waals surface area contributed by atoms with Gasteiger partial charge in [-0.05, 0) is 12.8 Å². The number of carbonyl (C=O) groups is 1. The van der Waals surface area contributed by atoms with Crippen LogP contribution in [0.25, 0.3) is 0 Å². The lowest BCUT2D eigenvalue weighted by Crippen LogP contribution is -2.52. The highest BCUT2D eigenvalue weighted by Crippen LogP contribution is 2.29.